The molecular weight excluding hydrogens is 575 g/mol. The molecule has 0 spiro atoms. The van der Waals surface area contributed by atoms with Gasteiger partial charge in [0.25, 0.3) is 0 Å². The fourth-order valence-corrected chi connectivity index (χ4v) is 4.70. The van der Waals surface area contributed by atoms with Gasteiger partial charge >= 0.3 is 5.91 Å². The van der Waals surface area contributed by atoms with E-state index in [2.05, 4.69) is 55.6 Å². The first-order valence-corrected chi connectivity index (χ1v) is 11.6. The zero-order valence-corrected chi connectivity index (χ0v) is 20.9. The molecule has 0 aliphatic carbocycles. The number of nitrogens with zero attached hydrogens (tertiary/aromatic N) is 1. The summed E-state index contributed by atoms with van der Waals surface area (Å²) in [5, 5.41) is 4.93. The van der Waals surface area contributed by atoms with Crippen molar-refractivity contribution in [3.63, 3.8) is 0 Å². The number of furan rings is 1. The normalized spacial score (nSPS) is 11.1. The number of hydrogen-bond donors (Lipinski definition) is 1. The van der Waals surface area contributed by atoms with Gasteiger partial charge in [-0.15, -0.1) is 6.58 Å². The third kappa shape index (κ3) is 5.68. The molecular formula is C23H22BrIN2O4. The Balaban J connectivity index is 1.81. The SMILES string of the molecule is C=CCc1cc(/C=N\NC(=O)c2cc3cc(Br)cc(I)c3o2)cc(OCC)c1OCC. The third-order valence-electron chi connectivity index (χ3n) is 4.25. The number of nitrogens with one attached hydrogen (secondary N) is 1. The van der Waals surface area contributed by atoms with Gasteiger partial charge in [-0.3, -0.25) is 4.79 Å². The van der Waals surface area contributed by atoms with Crippen LogP contribution in [0.15, 0.2) is 57.0 Å². The summed E-state index contributed by atoms with van der Waals surface area (Å²) in [5.41, 5.74) is 4.89. The summed E-state index contributed by atoms with van der Waals surface area (Å²) in [5.74, 6) is 1.10. The highest BCUT2D eigenvalue weighted by Crippen LogP contribution is 2.33. The van der Waals surface area contributed by atoms with E-state index in [9.17, 15) is 4.79 Å². The number of hydrazone groups is 1. The molecule has 0 radical (unpaired) electrons. The Kier molecular flexibility index (Phi) is 8.14. The summed E-state index contributed by atoms with van der Waals surface area (Å²) in [4.78, 5) is 12.5. The Morgan fingerprint density at radius 1 is 1.23 bits per heavy atom. The molecule has 0 aliphatic rings. The predicted molar refractivity (Wildman–Crippen MR) is 134 cm³/mol. The van der Waals surface area contributed by atoms with Crippen molar-refractivity contribution in [2.45, 2.75) is 20.3 Å². The molecule has 1 N–H and O–H groups in total. The van der Waals surface area contributed by atoms with Gasteiger partial charge in [0.1, 0.15) is 5.58 Å². The highest BCUT2D eigenvalue weighted by molar-refractivity contribution is 14.1. The Bertz CT molecular complexity index is 1140. The quantitative estimate of drug-likeness (QED) is 0.140. The van der Waals surface area contributed by atoms with Gasteiger partial charge in [-0.05, 0) is 78.8 Å². The molecule has 0 aliphatic heterocycles. The van der Waals surface area contributed by atoms with Crippen molar-refractivity contribution in [1.82, 2.24) is 5.43 Å². The summed E-state index contributed by atoms with van der Waals surface area (Å²) in [6.07, 6.45) is 3.99. The summed E-state index contributed by atoms with van der Waals surface area (Å²) in [6, 6.07) is 9.29. The highest BCUT2D eigenvalue weighted by Gasteiger charge is 2.15. The molecule has 0 unspecified atom stereocenters. The van der Waals surface area contributed by atoms with Crippen LogP contribution in [0.3, 0.4) is 0 Å². The maximum Gasteiger partial charge on any atom is 0.307 e. The van der Waals surface area contributed by atoms with Crippen LogP contribution in [-0.2, 0) is 6.42 Å². The molecule has 0 bridgehead atoms. The molecule has 6 nitrogen and oxygen atoms in total. The Morgan fingerprint density at radius 2 is 2.00 bits per heavy atom. The summed E-state index contributed by atoms with van der Waals surface area (Å²) < 4.78 is 19.1. The number of allylic oxidation sites excluding steroid dienone is 1. The first-order valence-electron chi connectivity index (χ1n) is 9.72. The van der Waals surface area contributed by atoms with Crippen LogP contribution in [0.5, 0.6) is 11.5 Å². The van der Waals surface area contributed by atoms with E-state index in [1.54, 1.807) is 18.4 Å². The van der Waals surface area contributed by atoms with Crippen LogP contribution < -0.4 is 14.9 Å². The number of carbonyl (C=O) groups excluding carboxylic acids is 1. The third-order valence-corrected chi connectivity index (χ3v) is 5.51. The van der Waals surface area contributed by atoms with Gasteiger partial charge < -0.3 is 13.9 Å². The van der Waals surface area contributed by atoms with Crippen molar-refractivity contribution in [1.29, 1.82) is 0 Å². The van der Waals surface area contributed by atoms with Crippen molar-refractivity contribution < 1.29 is 18.7 Å². The first kappa shape index (κ1) is 23.3. The van der Waals surface area contributed by atoms with Crippen molar-refractivity contribution in [3.05, 3.63) is 67.9 Å². The average molecular weight is 597 g/mol. The van der Waals surface area contributed by atoms with E-state index in [4.69, 9.17) is 13.9 Å². The van der Waals surface area contributed by atoms with Gasteiger partial charge in [0.2, 0.25) is 0 Å². The maximum absolute atomic E-state index is 12.5. The van der Waals surface area contributed by atoms with E-state index in [1.807, 2.05) is 38.1 Å². The number of fused-ring (bicyclic) bond motifs is 1. The second-order valence-corrected chi connectivity index (χ2v) is 8.56. The molecule has 1 aromatic heterocycles. The van der Waals surface area contributed by atoms with Crippen LogP contribution >= 0.6 is 38.5 Å². The molecule has 0 saturated heterocycles. The lowest BCUT2D eigenvalue weighted by Gasteiger charge is -2.15. The van der Waals surface area contributed by atoms with Crippen molar-refractivity contribution in [3.8, 4) is 11.5 Å². The Hall–Kier alpha value is -2.33. The number of carbonyl (C=O) groups is 1. The van der Waals surface area contributed by atoms with Crippen molar-refractivity contribution in [2.75, 3.05) is 13.2 Å². The molecule has 3 rings (SSSR count). The van der Waals surface area contributed by atoms with E-state index in [0.717, 1.165) is 24.6 Å². The molecule has 1 heterocycles. The fourth-order valence-electron chi connectivity index (χ4n) is 3.04. The zero-order chi connectivity index (χ0) is 22.4. The van der Waals surface area contributed by atoms with E-state index in [-0.39, 0.29) is 5.76 Å². The second kappa shape index (κ2) is 10.8. The first-order chi connectivity index (χ1) is 15.0. The largest absolute Gasteiger partial charge is 0.490 e. The molecule has 3 aromatic rings. The standard InChI is InChI=1S/C23H22BrIN2O4/c1-4-7-15-8-14(9-19(29-5-2)22(15)30-6-3)13-26-27-23(28)20-11-16-10-17(24)12-18(25)21(16)31-20/h4,8-13H,1,5-7H2,2-3H3,(H,27,28)/b26-13-. The van der Waals surface area contributed by atoms with E-state index in [0.29, 0.717) is 36.7 Å². The number of halogens is 2. The number of amides is 1. The Morgan fingerprint density at radius 3 is 2.71 bits per heavy atom. The second-order valence-electron chi connectivity index (χ2n) is 6.48. The number of rotatable bonds is 9. The summed E-state index contributed by atoms with van der Waals surface area (Å²) >= 11 is 5.62. The van der Waals surface area contributed by atoms with Crippen LogP contribution in [0.2, 0.25) is 0 Å². The van der Waals surface area contributed by atoms with Crippen LogP contribution in [0.1, 0.15) is 35.5 Å². The van der Waals surface area contributed by atoms with Gasteiger partial charge in [0.05, 0.1) is 23.0 Å². The molecule has 1 amide bonds. The minimum Gasteiger partial charge on any atom is -0.490 e. The molecule has 0 atom stereocenters. The van der Waals surface area contributed by atoms with E-state index in [1.165, 1.54) is 0 Å². The fraction of sp³-hybridized carbons (Fsp3) is 0.217. The average Bonchev–Trinajstić information content (AvgIpc) is 3.15. The minimum atomic E-state index is -0.429. The topological polar surface area (TPSA) is 73.1 Å². The van der Waals surface area contributed by atoms with Crippen molar-refractivity contribution in [2.24, 2.45) is 5.10 Å². The molecule has 0 saturated carbocycles. The molecule has 31 heavy (non-hydrogen) atoms. The van der Waals surface area contributed by atoms with Gasteiger partial charge in [0.15, 0.2) is 17.3 Å². The number of hydrogen-bond acceptors (Lipinski definition) is 5. The number of ether oxygens (including phenoxy) is 2. The highest BCUT2D eigenvalue weighted by atomic mass is 127. The smallest absolute Gasteiger partial charge is 0.307 e. The zero-order valence-electron chi connectivity index (χ0n) is 17.2. The van der Waals surface area contributed by atoms with Crippen molar-refractivity contribution >= 4 is 61.6 Å². The van der Waals surface area contributed by atoms with Gasteiger partial charge in [0, 0.05) is 15.4 Å². The van der Waals surface area contributed by atoms with E-state index < -0.39 is 5.91 Å². The summed E-state index contributed by atoms with van der Waals surface area (Å²) in [7, 11) is 0. The predicted octanol–water partition coefficient (Wildman–Crippen LogP) is 6.09. The molecule has 8 heteroatoms. The van der Waals surface area contributed by atoms with Crippen LogP contribution in [0.25, 0.3) is 11.0 Å². The molecule has 162 valence electrons. The van der Waals surface area contributed by atoms with Gasteiger partial charge in [-0.1, -0.05) is 22.0 Å². The minimum absolute atomic E-state index is 0.192. The number of benzene rings is 2. The summed E-state index contributed by atoms with van der Waals surface area (Å²) in [6.45, 7) is 8.68. The van der Waals surface area contributed by atoms with Crippen LogP contribution in [0.4, 0.5) is 0 Å². The molecule has 2 aromatic carbocycles. The van der Waals surface area contributed by atoms with Crippen LogP contribution in [0, 0.1) is 3.57 Å². The lowest BCUT2D eigenvalue weighted by molar-refractivity contribution is 0.0929. The lowest BCUT2D eigenvalue weighted by Crippen LogP contribution is -2.16. The van der Waals surface area contributed by atoms with Gasteiger partial charge in [-0.25, -0.2) is 5.43 Å². The monoisotopic (exact) mass is 596 g/mol. The van der Waals surface area contributed by atoms with Crippen LogP contribution in [-0.4, -0.2) is 25.3 Å². The van der Waals surface area contributed by atoms with Gasteiger partial charge in [-0.2, -0.15) is 5.10 Å². The Labute approximate surface area is 202 Å². The maximum atomic E-state index is 12.5. The molecule has 0 fully saturated rings. The van der Waals surface area contributed by atoms with E-state index >= 15 is 0 Å². The lowest BCUT2D eigenvalue weighted by atomic mass is 10.1.